The largest absolute Gasteiger partial charge is 0.724 e. The molecule has 0 saturated heterocycles. The van der Waals surface area contributed by atoms with E-state index in [1.165, 1.54) is 5.56 Å². The summed E-state index contributed by atoms with van der Waals surface area (Å²) in [5, 5.41) is 14.2. The molecule has 0 aliphatic carbocycles. The molecule has 0 bridgehead atoms. The maximum absolute atomic E-state index is 8.24. The van der Waals surface area contributed by atoms with Gasteiger partial charge in [0.2, 0.25) is 0 Å². The van der Waals surface area contributed by atoms with Crippen molar-refractivity contribution in [3.63, 3.8) is 0 Å². The zero-order valence-electron chi connectivity index (χ0n) is 11.4. The van der Waals surface area contributed by atoms with Gasteiger partial charge in [0.05, 0.1) is 5.38 Å². The van der Waals surface area contributed by atoms with Crippen molar-refractivity contribution in [3.05, 3.63) is 81.6 Å². The molecule has 1 unspecified atom stereocenters. The molecule has 0 spiro atoms. The predicted molar refractivity (Wildman–Crippen MR) is 88.3 cm³/mol. The standard InChI is InChI=1S/C14H12Cl2.2CNO/c15-13-9-5-4-8-12(13)14(16)10-11-6-2-1-3-7-11;2*2-1-3/h1-9,14H,10H2;;/q;2*-1. The SMILES string of the molecule is Clc1ccccc1C(Cl)Cc1ccccc1.[N-]=C=O.[N-]=C=O. The zero-order chi connectivity index (χ0) is 16.8. The highest BCUT2D eigenvalue weighted by Gasteiger charge is 2.11. The molecule has 0 aliphatic rings. The average molecular weight is 335 g/mol. The normalized spacial score (nSPS) is 9.73. The Morgan fingerprint density at radius 2 is 1.36 bits per heavy atom. The van der Waals surface area contributed by atoms with Crippen molar-refractivity contribution in [2.45, 2.75) is 11.8 Å². The second-order valence-electron chi connectivity index (χ2n) is 3.86. The summed E-state index contributed by atoms with van der Waals surface area (Å²) >= 11 is 12.5. The lowest BCUT2D eigenvalue weighted by Crippen LogP contribution is -1.96. The van der Waals surface area contributed by atoms with E-state index in [0.29, 0.717) is 12.2 Å². The smallest absolute Gasteiger partial charge is 0.0640 e. The van der Waals surface area contributed by atoms with Crippen LogP contribution in [0.1, 0.15) is 16.5 Å². The predicted octanol–water partition coefficient (Wildman–Crippen LogP) is 4.65. The molecule has 0 aromatic heterocycles. The molecule has 0 saturated carbocycles. The van der Waals surface area contributed by atoms with Crippen LogP contribution in [-0.4, -0.2) is 12.2 Å². The highest BCUT2D eigenvalue weighted by Crippen LogP contribution is 2.30. The van der Waals surface area contributed by atoms with E-state index in [-0.39, 0.29) is 5.38 Å². The summed E-state index contributed by atoms with van der Waals surface area (Å²) in [6, 6.07) is 17.9. The highest BCUT2D eigenvalue weighted by molar-refractivity contribution is 6.32. The van der Waals surface area contributed by atoms with Gasteiger partial charge in [-0.25, -0.2) is 0 Å². The number of isocyanates is 2. The number of carbonyl (C=O) groups excluding carboxylic acids is 2. The Hall–Kier alpha value is -2.22. The van der Waals surface area contributed by atoms with E-state index in [0.717, 1.165) is 17.0 Å². The van der Waals surface area contributed by atoms with Gasteiger partial charge in [-0.2, -0.15) is 0 Å². The third-order valence-electron chi connectivity index (χ3n) is 2.50. The fraction of sp³-hybridized carbons (Fsp3) is 0.125. The Balaban J connectivity index is 0.000000639. The highest BCUT2D eigenvalue weighted by atomic mass is 35.5. The van der Waals surface area contributed by atoms with Crippen molar-refractivity contribution in [2.24, 2.45) is 0 Å². The fourth-order valence-corrected chi connectivity index (χ4v) is 2.35. The Kier molecular flexibility index (Phi) is 11.3. The number of alkyl halides is 1. The molecule has 0 radical (unpaired) electrons. The molecule has 1 atom stereocenters. The Morgan fingerprint density at radius 3 is 1.86 bits per heavy atom. The summed E-state index contributed by atoms with van der Waals surface area (Å²) in [5.41, 5.74) is 2.22. The average Bonchev–Trinajstić information content (AvgIpc) is 2.50. The van der Waals surface area contributed by atoms with Gasteiger partial charge >= 0.3 is 0 Å². The lowest BCUT2D eigenvalue weighted by Gasteiger charge is -2.11. The Bertz CT molecular complexity index is 609. The molecule has 2 rings (SSSR count). The van der Waals surface area contributed by atoms with Gasteiger partial charge in [-0.1, -0.05) is 60.1 Å². The van der Waals surface area contributed by atoms with E-state index in [4.69, 9.17) is 43.6 Å². The van der Waals surface area contributed by atoms with Crippen LogP contribution >= 0.6 is 23.2 Å². The minimum atomic E-state index is -0.0731. The third kappa shape index (κ3) is 8.15. The van der Waals surface area contributed by atoms with Gasteiger partial charge in [-0.15, -0.1) is 11.6 Å². The van der Waals surface area contributed by atoms with Gasteiger partial charge < -0.3 is 10.8 Å². The van der Waals surface area contributed by atoms with Crippen molar-refractivity contribution >= 4 is 35.4 Å². The number of rotatable bonds is 3. The van der Waals surface area contributed by atoms with Gasteiger partial charge in [0, 0.05) is 5.02 Å². The second-order valence-corrected chi connectivity index (χ2v) is 4.80. The van der Waals surface area contributed by atoms with Gasteiger partial charge in [0.15, 0.2) is 0 Å². The fourth-order valence-electron chi connectivity index (χ4n) is 1.66. The maximum atomic E-state index is 8.24. The monoisotopic (exact) mass is 334 g/mol. The number of halogens is 2. The van der Waals surface area contributed by atoms with Crippen molar-refractivity contribution in [3.8, 4) is 0 Å². The van der Waals surface area contributed by atoms with Crippen molar-refractivity contribution < 1.29 is 9.59 Å². The topological polar surface area (TPSA) is 78.7 Å². The summed E-state index contributed by atoms with van der Waals surface area (Å²) in [4.78, 5) is 16.5. The van der Waals surface area contributed by atoms with Crippen LogP contribution in [0.25, 0.3) is 10.8 Å². The van der Waals surface area contributed by atoms with Crippen molar-refractivity contribution in [2.75, 3.05) is 0 Å². The molecule has 0 heterocycles. The Labute approximate surface area is 138 Å². The number of benzene rings is 2. The summed E-state index contributed by atoms with van der Waals surface area (Å²) in [6.07, 6.45) is 1.80. The molecular weight excluding hydrogens is 323 g/mol. The van der Waals surface area contributed by atoms with Gasteiger partial charge in [-0.3, -0.25) is 9.59 Å². The summed E-state index contributed by atoms with van der Waals surface area (Å²) in [6.45, 7) is 0. The molecule has 114 valence electrons. The summed E-state index contributed by atoms with van der Waals surface area (Å²) in [7, 11) is 0. The molecule has 0 fully saturated rings. The van der Waals surface area contributed by atoms with Crippen LogP contribution in [0.5, 0.6) is 0 Å². The van der Waals surface area contributed by atoms with Crippen LogP contribution < -0.4 is 0 Å². The van der Waals surface area contributed by atoms with Crippen LogP contribution in [0, 0.1) is 0 Å². The molecule has 0 amide bonds. The number of nitrogens with zero attached hydrogens (tertiary/aromatic N) is 2. The van der Waals surface area contributed by atoms with Crippen molar-refractivity contribution in [1.82, 2.24) is 0 Å². The first kappa shape index (κ1) is 19.8. The molecule has 0 N–H and O–H groups in total. The first-order valence-electron chi connectivity index (χ1n) is 6.05. The van der Waals surface area contributed by atoms with E-state index in [1.807, 2.05) is 42.5 Å². The van der Waals surface area contributed by atoms with Gasteiger partial charge in [-0.05, 0) is 35.8 Å². The lowest BCUT2D eigenvalue weighted by atomic mass is 10.0. The molecule has 4 nitrogen and oxygen atoms in total. The molecule has 0 aliphatic heterocycles. The molecular formula is C16H12Cl2N2O2-2. The van der Waals surface area contributed by atoms with E-state index in [9.17, 15) is 0 Å². The van der Waals surface area contributed by atoms with E-state index < -0.39 is 0 Å². The molecule has 6 heteroatoms. The summed E-state index contributed by atoms with van der Waals surface area (Å²) in [5.74, 6) is 0. The van der Waals surface area contributed by atoms with Gasteiger partial charge in [0.1, 0.15) is 0 Å². The zero-order valence-corrected chi connectivity index (χ0v) is 13.0. The Morgan fingerprint density at radius 1 is 0.909 bits per heavy atom. The van der Waals surface area contributed by atoms with Crippen molar-refractivity contribution in [1.29, 1.82) is 0 Å². The first-order valence-corrected chi connectivity index (χ1v) is 6.87. The van der Waals surface area contributed by atoms with Crippen LogP contribution in [0.4, 0.5) is 0 Å². The minimum absolute atomic E-state index is 0.0731. The third-order valence-corrected chi connectivity index (χ3v) is 3.23. The van der Waals surface area contributed by atoms with Crippen LogP contribution in [-0.2, 0) is 16.0 Å². The lowest BCUT2D eigenvalue weighted by molar-refractivity contribution is 0.568. The quantitative estimate of drug-likeness (QED) is 0.465. The van der Waals surface area contributed by atoms with E-state index >= 15 is 0 Å². The van der Waals surface area contributed by atoms with Crippen LogP contribution in [0.2, 0.25) is 5.02 Å². The van der Waals surface area contributed by atoms with E-state index in [2.05, 4.69) is 12.1 Å². The minimum Gasteiger partial charge on any atom is -0.724 e. The van der Waals surface area contributed by atoms with E-state index in [1.54, 1.807) is 0 Å². The van der Waals surface area contributed by atoms with Gasteiger partial charge in [0.25, 0.3) is 0 Å². The summed E-state index contributed by atoms with van der Waals surface area (Å²) < 4.78 is 0. The van der Waals surface area contributed by atoms with Crippen LogP contribution in [0.3, 0.4) is 0 Å². The number of hydrogen-bond acceptors (Lipinski definition) is 2. The molecule has 2 aromatic rings. The maximum Gasteiger partial charge on any atom is 0.0640 e. The van der Waals surface area contributed by atoms with Crippen LogP contribution in [0.15, 0.2) is 54.6 Å². The molecule has 2 aromatic carbocycles. The number of hydrogen-bond donors (Lipinski definition) is 0. The second kappa shape index (κ2) is 12.5. The first-order chi connectivity index (χ1) is 10.6. The molecule has 22 heavy (non-hydrogen) atoms.